The molecule has 38 heavy (non-hydrogen) atoms. The summed E-state index contributed by atoms with van der Waals surface area (Å²) in [6.07, 6.45) is 10.5. The molecule has 3 aliphatic heterocycles. The molecule has 6 rings (SSSR count). The maximum Gasteiger partial charge on any atom is 0.211 e. The molecule has 1 aromatic carbocycles. The smallest absolute Gasteiger partial charge is 0.211 e. The maximum atomic E-state index is 14.3. The van der Waals surface area contributed by atoms with Crippen LogP contribution in [0.1, 0.15) is 92.9 Å². The van der Waals surface area contributed by atoms with E-state index in [-0.39, 0.29) is 11.8 Å². The van der Waals surface area contributed by atoms with E-state index in [2.05, 4.69) is 26.6 Å². The van der Waals surface area contributed by atoms with E-state index in [0.29, 0.717) is 55.5 Å². The summed E-state index contributed by atoms with van der Waals surface area (Å²) in [5, 5.41) is 8.94. The highest BCUT2D eigenvalue weighted by atomic mass is 32.2. The summed E-state index contributed by atoms with van der Waals surface area (Å²) in [4.78, 5) is 2.65. The van der Waals surface area contributed by atoms with Crippen LogP contribution in [0, 0.1) is 24.5 Å². The van der Waals surface area contributed by atoms with Gasteiger partial charge in [-0.25, -0.2) is 21.5 Å². The zero-order valence-electron chi connectivity index (χ0n) is 22.4. The second kappa shape index (κ2) is 10.2. The molecule has 4 aliphatic rings. The molecule has 1 aromatic heterocycles. The van der Waals surface area contributed by atoms with E-state index in [1.54, 1.807) is 0 Å². The lowest BCUT2D eigenvalue weighted by Crippen LogP contribution is -2.45. The molecule has 0 radical (unpaired) electrons. The second-order valence-electron chi connectivity index (χ2n) is 12.1. The summed E-state index contributed by atoms with van der Waals surface area (Å²) in [7, 11) is -3.23. The van der Waals surface area contributed by atoms with E-state index in [4.69, 9.17) is 0 Å². The summed E-state index contributed by atoms with van der Waals surface area (Å²) < 4.78 is 56.5. The lowest BCUT2D eigenvalue weighted by molar-refractivity contribution is 0.0964. The number of piperidine rings is 2. The summed E-state index contributed by atoms with van der Waals surface area (Å²) in [5.41, 5.74) is 0.705. The number of rotatable bonds is 8. The largest absolute Gasteiger partial charge is 0.312 e. The van der Waals surface area contributed by atoms with Gasteiger partial charge in [0.25, 0.3) is 0 Å². The van der Waals surface area contributed by atoms with Crippen molar-refractivity contribution in [3.05, 3.63) is 47.0 Å². The van der Waals surface area contributed by atoms with E-state index in [0.717, 1.165) is 37.7 Å². The Balaban J connectivity index is 1.17. The summed E-state index contributed by atoms with van der Waals surface area (Å²) in [6.45, 7) is 3.91. The normalized spacial score (nSPS) is 28.2. The van der Waals surface area contributed by atoms with Gasteiger partial charge in [-0.05, 0) is 101 Å². The Morgan fingerprint density at radius 1 is 0.921 bits per heavy atom. The first-order valence-electron chi connectivity index (χ1n) is 14.3. The Kier molecular flexibility index (Phi) is 7.10. The van der Waals surface area contributed by atoms with E-state index in [9.17, 15) is 17.2 Å². The van der Waals surface area contributed by atoms with Crippen molar-refractivity contribution in [2.75, 3.05) is 25.9 Å². The number of aryl methyl sites for hydroxylation is 1. The molecule has 1 aliphatic carbocycles. The Bertz CT molecular complexity index is 1240. The molecule has 7 nitrogen and oxygen atoms in total. The minimum Gasteiger partial charge on any atom is -0.312 e. The van der Waals surface area contributed by atoms with Crippen molar-refractivity contribution >= 4 is 10.0 Å². The highest BCUT2D eigenvalue weighted by molar-refractivity contribution is 7.88. The van der Waals surface area contributed by atoms with Crippen LogP contribution in [-0.4, -0.2) is 70.4 Å². The van der Waals surface area contributed by atoms with E-state index in [1.165, 1.54) is 54.2 Å². The molecule has 2 aromatic rings. The Hall–Kier alpha value is -1.91. The Morgan fingerprint density at radius 2 is 1.55 bits per heavy atom. The number of sulfonamides is 1. The van der Waals surface area contributed by atoms with Crippen molar-refractivity contribution < 1.29 is 17.2 Å². The van der Waals surface area contributed by atoms with Gasteiger partial charge in [0.15, 0.2) is 0 Å². The van der Waals surface area contributed by atoms with Crippen LogP contribution in [0.5, 0.6) is 0 Å². The highest BCUT2D eigenvalue weighted by Crippen LogP contribution is 2.46. The van der Waals surface area contributed by atoms with Gasteiger partial charge >= 0.3 is 0 Å². The average molecular weight is 548 g/mol. The number of halogens is 2. The van der Waals surface area contributed by atoms with E-state index in [1.807, 2.05) is 0 Å². The highest BCUT2D eigenvalue weighted by Gasteiger charge is 2.43. The Morgan fingerprint density at radius 3 is 2.13 bits per heavy atom. The zero-order valence-corrected chi connectivity index (χ0v) is 23.2. The Labute approximate surface area is 224 Å². The molecule has 10 heteroatoms. The monoisotopic (exact) mass is 547 g/mol. The van der Waals surface area contributed by atoms with Gasteiger partial charge in [0.2, 0.25) is 10.0 Å². The third-order valence-electron chi connectivity index (χ3n) is 9.61. The van der Waals surface area contributed by atoms with Crippen molar-refractivity contribution in [2.24, 2.45) is 5.92 Å². The van der Waals surface area contributed by atoms with Crippen LogP contribution in [0.4, 0.5) is 8.78 Å². The standard InChI is InChI=1S/C28H39F2N5O2S/c1-18-31-32-28(20-3-4-20)35(18)26-16-24-5-6-25(17-26)34(24)12-9-27(21-13-22(29)15-23(30)14-21)19-7-10-33(11-8-19)38(2,36)37/h13-15,19-20,24-27H,3-12,16-17H2,1-2H3/t24?,25?,26?,27-/m1/s1. The molecule has 0 spiro atoms. The number of fused-ring (bicyclic) bond motifs is 2. The van der Waals surface area contributed by atoms with Gasteiger partial charge in [-0.15, -0.1) is 10.2 Å². The van der Waals surface area contributed by atoms with Crippen LogP contribution in [0.15, 0.2) is 18.2 Å². The van der Waals surface area contributed by atoms with Gasteiger partial charge in [-0.3, -0.25) is 4.90 Å². The van der Waals surface area contributed by atoms with Gasteiger partial charge in [-0.1, -0.05) is 0 Å². The molecule has 0 amide bonds. The van der Waals surface area contributed by atoms with E-state index < -0.39 is 21.7 Å². The average Bonchev–Trinajstić information content (AvgIpc) is 3.59. The third-order valence-corrected chi connectivity index (χ3v) is 10.9. The van der Waals surface area contributed by atoms with Crippen molar-refractivity contribution in [3.63, 3.8) is 0 Å². The van der Waals surface area contributed by atoms with Crippen molar-refractivity contribution in [2.45, 2.75) is 94.7 Å². The van der Waals surface area contributed by atoms with Crippen LogP contribution in [-0.2, 0) is 10.0 Å². The first-order valence-corrected chi connectivity index (χ1v) is 16.1. The van der Waals surface area contributed by atoms with Crippen LogP contribution in [0.25, 0.3) is 0 Å². The zero-order chi connectivity index (χ0) is 26.6. The first-order chi connectivity index (χ1) is 18.2. The maximum absolute atomic E-state index is 14.3. The predicted octanol–water partition coefficient (Wildman–Crippen LogP) is 4.76. The second-order valence-corrected chi connectivity index (χ2v) is 14.1. The van der Waals surface area contributed by atoms with Gasteiger partial charge in [0, 0.05) is 43.2 Å². The molecule has 2 bridgehead atoms. The fraction of sp³-hybridized carbons (Fsp3) is 0.714. The quantitative estimate of drug-likeness (QED) is 0.477. The molecule has 2 unspecified atom stereocenters. The van der Waals surface area contributed by atoms with Crippen molar-refractivity contribution in [3.8, 4) is 0 Å². The number of aromatic nitrogens is 3. The predicted molar refractivity (Wildman–Crippen MR) is 141 cm³/mol. The molecule has 1 saturated carbocycles. The van der Waals surface area contributed by atoms with Crippen LogP contribution in [0.3, 0.4) is 0 Å². The molecular formula is C28H39F2N5O2S. The lowest BCUT2D eigenvalue weighted by atomic mass is 9.78. The number of benzene rings is 1. The summed E-state index contributed by atoms with van der Waals surface area (Å²) in [5.74, 6) is 1.89. The topological polar surface area (TPSA) is 71.3 Å². The number of hydrogen-bond acceptors (Lipinski definition) is 5. The molecule has 3 atom stereocenters. The van der Waals surface area contributed by atoms with Crippen LogP contribution in [0.2, 0.25) is 0 Å². The minimum absolute atomic E-state index is 0.000552. The molecule has 4 fully saturated rings. The van der Waals surface area contributed by atoms with Gasteiger partial charge < -0.3 is 4.57 Å². The van der Waals surface area contributed by atoms with E-state index >= 15 is 0 Å². The molecule has 208 valence electrons. The number of nitrogens with zero attached hydrogens (tertiary/aromatic N) is 5. The molecular weight excluding hydrogens is 508 g/mol. The van der Waals surface area contributed by atoms with Crippen LogP contribution >= 0.6 is 0 Å². The fourth-order valence-electron chi connectivity index (χ4n) is 7.64. The minimum atomic E-state index is -3.23. The third kappa shape index (κ3) is 5.28. The van der Waals surface area contributed by atoms with Crippen molar-refractivity contribution in [1.29, 1.82) is 0 Å². The summed E-state index contributed by atoms with van der Waals surface area (Å²) in [6, 6.07) is 5.34. The van der Waals surface area contributed by atoms with Gasteiger partial charge in [-0.2, -0.15) is 0 Å². The van der Waals surface area contributed by atoms with Gasteiger partial charge in [0.05, 0.1) is 6.26 Å². The SMILES string of the molecule is Cc1nnc(C2CC2)n1C1CC2CCC(C1)N2CC[C@@H](c1cc(F)cc(F)c1)C1CCN(S(C)(=O)=O)CC1. The number of hydrogen-bond donors (Lipinski definition) is 0. The lowest BCUT2D eigenvalue weighted by Gasteiger charge is -2.41. The first kappa shape index (κ1) is 26.3. The van der Waals surface area contributed by atoms with Crippen LogP contribution < -0.4 is 0 Å². The molecule has 3 saturated heterocycles. The summed E-state index contributed by atoms with van der Waals surface area (Å²) >= 11 is 0. The van der Waals surface area contributed by atoms with Gasteiger partial charge in [0.1, 0.15) is 23.3 Å². The fourth-order valence-corrected chi connectivity index (χ4v) is 8.51. The van der Waals surface area contributed by atoms with Crippen molar-refractivity contribution in [1.82, 2.24) is 24.0 Å². The molecule has 4 heterocycles. The molecule has 0 N–H and O–H groups in total.